The van der Waals surface area contributed by atoms with Crippen LogP contribution < -0.4 is 4.74 Å². The molecule has 0 aliphatic rings. The van der Waals surface area contributed by atoms with Crippen molar-refractivity contribution in [2.75, 3.05) is 14.1 Å². The zero-order valence-corrected chi connectivity index (χ0v) is 8.65. The number of rotatable bonds is 1. The van der Waals surface area contributed by atoms with Crippen LogP contribution in [-0.4, -0.2) is 30.1 Å². The minimum atomic E-state index is -0.374. The van der Waals surface area contributed by atoms with Crippen LogP contribution in [0.25, 0.3) is 10.9 Å². The Balaban J connectivity index is 2.25. The largest absolute Gasteiger partial charge is 0.414 e. The van der Waals surface area contributed by atoms with Crippen molar-refractivity contribution in [3.8, 4) is 5.75 Å². The van der Waals surface area contributed by atoms with E-state index in [2.05, 4.69) is 4.98 Å². The number of H-pyrrole nitrogens is 1. The van der Waals surface area contributed by atoms with Gasteiger partial charge in [0.25, 0.3) is 0 Å². The van der Waals surface area contributed by atoms with Gasteiger partial charge in [0, 0.05) is 31.9 Å². The summed E-state index contributed by atoms with van der Waals surface area (Å²) in [5.74, 6) is 0.545. The summed E-state index contributed by atoms with van der Waals surface area (Å²) in [6.45, 7) is 0. The first-order chi connectivity index (χ1) is 7.16. The Hall–Kier alpha value is -1.97. The molecule has 2 rings (SSSR count). The fourth-order valence-corrected chi connectivity index (χ4v) is 1.28. The number of hydrogen-bond acceptors (Lipinski definition) is 2. The molecular formula is C11H12N2O2. The normalized spacial score (nSPS) is 10.3. The quantitative estimate of drug-likeness (QED) is 0.774. The molecule has 78 valence electrons. The van der Waals surface area contributed by atoms with Crippen LogP contribution in [0, 0.1) is 0 Å². The summed E-state index contributed by atoms with van der Waals surface area (Å²) in [7, 11) is 3.30. The molecule has 0 radical (unpaired) electrons. The molecule has 0 atom stereocenters. The van der Waals surface area contributed by atoms with E-state index in [1.165, 1.54) is 4.90 Å². The van der Waals surface area contributed by atoms with Crippen LogP contribution in [0.5, 0.6) is 5.75 Å². The van der Waals surface area contributed by atoms with Gasteiger partial charge in [-0.25, -0.2) is 4.79 Å². The number of benzene rings is 1. The molecule has 0 fully saturated rings. The standard InChI is InChI=1S/C11H12N2O2/c1-13(2)11(14)15-9-4-3-8-5-6-12-10(8)7-9/h3-7,12H,1-2H3. The predicted molar refractivity (Wildman–Crippen MR) is 58.0 cm³/mol. The zero-order valence-electron chi connectivity index (χ0n) is 8.65. The SMILES string of the molecule is CN(C)C(=O)Oc1ccc2cc[nH]c2c1. The number of ether oxygens (including phenoxy) is 1. The molecule has 1 heterocycles. The fraction of sp³-hybridized carbons (Fsp3) is 0.182. The van der Waals surface area contributed by atoms with Gasteiger partial charge >= 0.3 is 6.09 Å². The maximum Gasteiger partial charge on any atom is 0.414 e. The van der Waals surface area contributed by atoms with Crippen LogP contribution in [0.2, 0.25) is 0 Å². The van der Waals surface area contributed by atoms with Crippen LogP contribution in [0.4, 0.5) is 4.79 Å². The van der Waals surface area contributed by atoms with Crippen molar-refractivity contribution in [2.24, 2.45) is 0 Å². The van der Waals surface area contributed by atoms with Crippen molar-refractivity contribution in [1.82, 2.24) is 9.88 Å². The van der Waals surface area contributed by atoms with E-state index in [9.17, 15) is 4.79 Å². The van der Waals surface area contributed by atoms with E-state index in [4.69, 9.17) is 4.74 Å². The Morgan fingerprint density at radius 3 is 2.87 bits per heavy atom. The first-order valence-electron chi connectivity index (χ1n) is 4.63. The lowest BCUT2D eigenvalue weighted by Crippen LogP contribution is -2.25. The molecule has 1 amide bonds. The number of aromatic nitrogens is 1. The molecule has 0 unspecified atom stereocenters. The lowest BCUT2D eigenvalue weighted by atomic mass is 10.2. The first-order valence-corrected chi connectivity index (χ1v) is 4.63. The van der Waals surface area contributed by atoms with E-state index < -0.39 is 0 Å². The van der Waals surface area contributed by atoms with Crippen LogP contribution in [0.3, 0.4) is 0 Å². The van der Waals surface area contributed by atoms with Crippen LogP contribution in [0.1, 0.15) is 0 Å². The van der Waals surface area contributed by atoms with E-state index >= 15 is 0 Å². The van der Waals surface area contributed by atoms with Gasteiger partial charge < -0.3 is 14.6 Å². The van der Waals surface area contributed by atoms with Crippen molar-refractivity contribution in [1.29, 1.82) is 0 Å². The topological polar surface area (TPSA) is 45.3 Å². The van der Waals surface area contributed by atoms with Gasteiger partial charge in [0.05, 0.1) is 0 Å². The molecule has 0 aliphatic heterocycles. The van der Waals surface area contributed by atoms with Crippen LogP contribution >= 0.6 is 0 Å². The maximum atomic E-state index is 11.3. The molecule has 0 aliphatic carbocycles. The summed E-state index contributed by atoms with van der Waals surface area (Å²) < 4.78 is 5.12. The van der Waals surface area contributed by atoms with Crippen LogP contribution in [0.15, 0.2) is 30.5 Å². The summed E-state index contributed by atoms with van der Waals surface area (Å²) in [6.07, 6.45) is 1.48. The highest BCUT2D eigenvalue weighted by Gasteiger charge is 2.06. The highest BCUT2D eigenvalue weighted by molar-refractivity contribution is 5.81. The van der Waals surface area contributed by atoms with Crippen molar-refractivity contribution >= 4 is 17.0 Å². The third-order valence-electron chi connectivity index (χ3n) is 2.10. The molecular weight excluding hydrogens is 192 g/mol. The number of aromatic amines is 1. The highest BCUT2D eigenvalue weighted by atomic mass is 16.6. The van der Waals surface area contributed by atoms with Gasteiger partial charge in [-0.05, 0) is 23.6 Å². The third kappa shape index (κ3) is 1.93. The maximum absolute atomic E-state index is 11.3. The summed E-state index contributed by atoms with van der Waals surface area (Å²) >= 11 is 0. The molecule has 0 saturated carbocycles. The zero-order chi connectivity index (χ0) is 10.8. The minimum Gasteiger partial charge on any atom is -0.410 e. The summed E-state index contributed by atoms with van der Waals surface area (Å²) in [5, 5.41) is 1.10. The average Bonchev–Trinajstić information content (AvgIpc) is 2.64. The fourth-order valence-electron chi connectivity index (χ4n) is 1.28. The van der Waals surface area contributed by atoms with Crippen molar-refractivity contribution in [2.45, 2.75) is 0 Å². The second-order valence-electron chi connectivity index (χ2n) is 3.49. The van der Waals surface area contributed by atoms with E-state index in [0.29, 0.717) is 5.75 Å². The first kappa shape index (κ1) is 9.58. The molecule has 1 aromatic heterocycles. The van der Waals surface area contributed by atoms with Gasteiger partial charge in [-0.3, -0.25) is 0 Å². The minimum absolute atomic E-state index is 0.374. The Bertz CT molecular complexity index is 488. The number of hydrogen-bond donors (Lipinski definition) is 1. The van der Waals surface area contributed by atoms with Gasteiger partial charge in [-0.2, -0.15) is 0 Å². The molecule has 0 saturated heterocycles. The van der Waals surface area contributed by atoms with Crippen molar-refractivity contribution < 1.29 is 9.53 Å². The molecule has 0 spiro atoms. The van der Waals surface area contributed by atoms with E-state index in [1.807, 2.05) is 18.3 Å². The van der Waals surface area contributed by atoms with Gasteiger partial charge in [-0.15, -0.1) is 0 Å². The summed E-state index contributed by atoms with van der Waals surface area (Å²) in [5.41, 5.74) is 0.957. The molecule has 4 nitrogen and oxygen atoms in total. The van der Waals surface area contributed by atoms with E-state index in [1.54, 1.807) is 26.2 Å². The van der Waals surface area contributed by atoms with Crippen molar-refractivity contribution in [3.63, 3.8) is 0 Å². The predicted octanol–water partition coefficient (Wildman–Crippen LogP) is 2.23. The molecule has 15 heavy (non-hydrogen) atoms. The smallest absolute Gasteiger partial charge is 0.410 e. The second-order valence-corrected chi connectivity index (χ2v) is 3.49. The Labute approximate surface area is 87.5 Å². The number of fused-ring (bicyclic) bond motifs is 1. The van der Waals surface area contributed by atoms with Gasteiger partial charge in [-0.1, -0.05) is 0 Å². The third-order valence-corrected chi connectivity index (χ3v) is 2.10. The average molecular weight is 204 g/mol. The van der Waals surface area contributed by atoms with Crippen molar-refractivity contribution in [3.05, 3.63) is 30.5 Å². The Morgan fingerprint density at radius 1 is 1.33 bits per heavy atom. The summed E-state index contributed by atoms with van der Waals surface area (Å²) in [4.78, 5) is 15.7. The monoisotopic (exact) mass is 204 g/mol. The molecule has 0 bridgehead atoms. The summed E-state index contributed by atoms with van der Waals surface area (Å²) in [6, 6.07) is 7.45. The molecule has 2 aromatic rings. The molecule has 1 aromatic carbocycles. The second kappa shape index (κ2) is 3.65. The lowest BCUT2D eigenvalue weighted by molar-refractivity contribution is 0.172. The lowest BCUT2D eigenvalue weighted by Gasteiger charge is -2.10. The number of carbonyl (C=O) groups excluding carboxylic acids is 1. The Morgan fingerprint density at radius 2 is 2.13 bits per heavy atom. The number of nitrogens with one attached hydrogen (secondary N) is 1. The van der Waals surface area contributed by atoms with Gasteiger partial charge in [0.2, 0.25) is 0 Å². The number of carbonyl (C=O) groups is 1. The highest BCUT2D eigenvalue weighted by Crippen LogP contribution is 2.19. The van der Waals surface area contributed by atoms with Gasteiger partial charge in [0.1, 0.15) is 5.75 Å². The van der Waals surface area contributed by atoms with E-state index in [0.717, 1.165) is 10.9 Å². The Kier molecular flexibility index (Phi) is 2.33. The van der Waals surface area contributed by atoms with E-state index in [-0.39, 0.29) is 6.09 Å². The van der Waals surface area contributed by atoms with Gasteiger partial charge in [0.15, 0.2) is 0 Å². The number of nitrogens with zero attached hydrogens (tertiary/aromatic N) is 1. The number of amides is 1. The molecule has 1 N–H and O–H groups in total. The molecule has 4 heteroatoms. The van der Waals surface area contributed by atoms with Crippen LogP contribution in [-0.2, 0) is 0 Å².